The quantitative estimate of drug-likeness (QED) is 0.580. The third-order valence-corrected chi connectivity index (χ3v) is 5.47. The SMILES string of the molecule is C[C@@H](N=C1CCN(c2cn[nH]c(=O)c2Cl)CC1=C(N)C(N)=O)c1ccc(F)cc1C(F)F. The molecule has 8 nitrogen and oxygen atoms in total. The summed E-state index contributed by atoms with van der Waals surface area (Å²) in [6.07, 6.45) is -1.27. The Hall–Kier alpha value is -3.34. The third-order valence-electron chi connectivity index (χ3n) is 5.11. The van der Waals surface area contributed by atoms with E-state index in [0.717, 1.165) is 12.1 Å². The fraction of sp³-hybridized carbons (Fsp3) is 0.300. The molecular weight excluding hydrogens is 449 g/mol. The number of hydrogen-bond acceptors (Lipinski definition) is 6. The van der Waals surface area contributed by atoms with E-state index < -0.39 is 35.3 Å². The Kier molecular flexibility index (Phi) is 6.87. The molecule has 1 atom stereocenters. The standard InChI is InChI=1S/C20H20ClF3N6O2/c1-9(11-3-2-10(22)6-12(11)18(23)24)28-14-4-5-30(8-13(14)17(25)19(26)31)15-7-27-29-20(32)16(15)21/h2-3,6-7,9,18H,4-5,8,25H2,1H3,(H2,26,31)(H,29,32)/t9-/m1/s1. The molecule has 5 N–H and O–H groups in total. The number of aromatic amines is 1. The summed E-state index contributed by atoms with van der Waals surface area (Å²) in [5, 5.41) is 5.86. The normalized spacial score (nSPS) is 18.2. The number of carbonyl (C=O) groups excluding carboxylic acids is 1. The van der Waals surface area contributed by atoms with Gasteiger partial charge in [-0.25, -0.2) is 18.3 Å². The van der Waals surface area contributed by atoms with E-state index in [1.165, 1.54) is 12.3 Å². The molecule has 32 heavy (non-hydrogen) atoms. The number of piperidine rings is 1. The zero-order valence-electron chi connectivity index (χ0n) is 16.9. The molecule has 1 amide bonds. The van der Waals surface area contributed by atoms with Crippen LogP contribution in [-0.2, 0) is 4.79 Å². The van der Waals surface area contributed by atoms with Gasteiger partial charge >= 0.3 is 0 Å². The van der Waals surface area contributed by atoms with Crippen molar-refractivity contribution in [2.75, 3.05) is 18.0 Å². The van der Waals surface area contributed by atoms with Gasteiger partial charge in [-0.1, -0.05) is 17.7 Å². The molecule has 0 bridgehead atoms. The molecule has 0 saturated carbocycles. The minimum Gasteiger partial charge on any atom is -0.394 e. The van der Waals surface area contributed by atoms with Gasteiger partial charge < -0.3 is 16.4 Å². The summed E-state index contributed by atoms with van der Waals surface area (Å²) in [5.41, 5.74) is 11.1. The Morgan fingerprint density at radius 3 is 2.69 bits per heavy atom. The summed E-state index contributed by atoms with van der Waals surface area (Å²) in [6.45, 7) is 1.95. The number of H-pyrrole nitrogens is 1. The number of amides is 1. The van der Waals surface area contributed by atoms with Gasteiger partial charge in [-0.15, -0.1) is 0 Å². The predicted molar refractivity (Wildman–Crippen MR) is 114 cm³/mol. The molecule has 1 aromatic heterocycles. The number of nitrogens with zero attached hydrogens (tertiary/aromatic N) is 3. The van der Waals surface area contributed by atoms with Crippen molar-refractivity contribution in [1.82, 2.24) is 10.2 Å². The number of halogens is 4. The molecule has 1 fully saturated rings. The molecular formula is C20H20ClF3N6O2. The second-order valence-corrected chi connectivity index (χ2v) is 7.53. The smallest absolute Gasteiger partial charge is 0.285 e. The van der Waals surface area contributed by atoms with Crippen molar-refractivity contribution in [3.05, 3.63) is 68.0 Å². The number of benzene rings is 1. The number of nitrogens with two attached hydrogens (primary N) is 2. The average Bonchev–Trinajstić information content (AvgIpc) is 2.75. The molecule has 0 unspecified atom stereocenters. The van der Waals surface area contributed by atoms with Gasteiger partial charge in [0.05, 0.1) is 17.9 Å². The van der Waals surface area contributed by atoms with Gasteiger partial charge in [-0.3, -0.25) is 14.6 Å². The fourth-order valence-corrected chi connectivity index (χ4v) is 3.71. The Labute approximate surface area is 185 Å². The molecule has 3 rings (SSSR count). The van der Waals surface area contributed by atoms with Crippen LogP contribution >= 0.6 is 11.6 Å². The zero-order chi connectivity index (χ0) is 23.6. The van der Waals surface area contributed by atoms with Crippen LogP contribution in [0.4, 0.5) is 18.9 Å². The van der Waals surface area contributed by atoms with E-state index in [1.54, 1.807) is 11.8 Å². The first-order valence-corrected chi connectivity index (χ1v) is 9.89. The van der Waals surface area contributed by atoms with Crippen LogP contribution < -0.4 is 21.9 Å². The lowest BCUT2D eigenvalue weighted by Gasteiger charge is -2.32. The first-order chi connectivity index (χ1) is 15.1. The summed E-state index contributed by atoms with van der Waals surface area (Å²) in [5.74, 6) is -1.66. The number of primary amides is 1. The fourth-order valence-electron chi connectivity index (χ4n) is 3.50. The number of anilines is 1. The highest BCUT2D eigenvalue weighted by Crippen LogP contribution is 2.32. The van der Waals surface area contributed by atoms with Crippen LogP contribution in [0.25, 0.3) is 0 Å². The molecule has 12 heteroatoms. The number of carbonyl (C=O) groups is 1. The molecule has 2 aromatic rings. The summed E-state index contributed by atoms with van der Waals surface area (Å²) < 4.78 is 40.3. The van der Waals surface area contributed by atoms with E-state index in [0.29, 0.717) is 17.9 Å². The molecule has 170 valence electrons. The summed E-state index contributed by atoms with van der Waals surface area (Å²) in [4.78, 5) is 29.7. The number of aliphatic imine (C=N–C) groups is 1. The van der Waals surface area contributed by atoms with Gasteiger partial charge in [-0.05, 0) is 24.6 Å². The van der Waals surface area contributed by atoms with Crippen molar-refractivity contribution >= 4 is 28.9 Å². The largest absolute Gasteiger partial charge is 0.394 e. The van der Waals surface area contributed by atoms with Gasteiger partial charge in [0.2, 0.25) is 0 Å². The third kappa shape index (κ3) is 4.77. The lowest BCUT2D eigenvalue weighted by Crippen LogP contribution is -2.40. The van der Waals surface area contributed by atoms with Crippen molar-refractivity contribution in [3.8, 4) is 0 Å². The lowest BCUT2D eigenvalue weighted by atomic mass is 9.97. The maximum absolute atomic E-state index is 13.5. The van der Waals surface area contributed by atoms with Crippen molar-refractivity contribution < 1.29 is 18.0 Å². The number of aromatic nitrogens is 2. The Balaban J connectivity index is 2.01. The van der Waals surface area contributed by atoms with E-state index in [9.17, 15) is 22.8 Å². The molecule has 0 radical (unpaired) electrons. The second-order valence-electron chi connectivity index (χ2n) is 7.15. The van der Waals surface area contributed by atoms with Crippen LogP contribution in [0.1, 0.15) is 36.9 Å². The van der Waals surface area contributed by atoms with Crippen molar-refractivity contribution in [3.63, 3.8) is 0 Å². The van der Waals surface area contributed by atoms with Gasteiger partial charge in [0.25, 0.3) is 17.9 Å². The second kappa shape index (κ2) is 9.43. The number of alkyl halides is 2. The van der Waals surface area contributed by atoms with Crippen LogP contribution in [0, 0.1) is 5.82 Å². The minimum atomic E-state index is -2.89. The van der Waals surface area contributed by atoms with Gasteiger partial charge in [0, 0.05) is 36.4 Å². The Morgan fingerprint density at radius 2 is 2.03 bits per heavy atom. The monoisotopic (exact) mass is 468 g/mol. The highest BCUT2D eigenvalue weighted by Gasteiger charge is 2.27. The molecule has 0 aliphatic carbocycles. The van der Waals surface area contributed by atoms with Crippen LogP contribution in [-0.4, -0.2) is 34.9 Å². The summed E-state index contributed by atoms with van der Waals surface area (Å²) in [6, 6.07) is 2.33. The molecule has 1 aromatic carbocycles. The number of rotatable bonds is 5. The highest BCUT2D eigenvalue weighted by atomic mass is 35.5. The maximum Gasteiger partial charge on any atom is 0.285 e. The summed E-state index contributed by atoms with van der Waals surface area (Å²) >= 11 is 6.08. The van der Waals surface area contributed by atoms with E-state index in [2.05, 4.69) is 15.2 Å². The van der Waals surface area contributed by atoms with E-state index in [-0.39, 0.29) is 34.8 Å². The topological polar surface area (TPSA) is 130 Å². The van der Waals surface area contributed by atoms with Gasteiger partial charge in [0.15, 0.2) is 0 Å². The lowest BCUT2D eigenvalue weighted by molar-refractivity contribution is -0.114. The summed E-state index contributed by atoms with van der Waals surface area (Å²) in [7, 11) is 0. The highest BCUT2D eigenvalue weighted by molar-refractivity contribution is 6.33. The first kappa shape index (κ1) is 23.3. The van der Waals surface area contributed by atoms with E-state index in [4.69, 9.17) is 23.1 Å². The van der Waals surface area contributed by atoms with E-state index >= 15 is 0 Å². The zero-order valence-corrected chi connectivity index (χ0v) is 17.7. The average molecular weight is 469 g/mol. The van der Waals surface area contributed by atoms with E-state index in [1.807, 2.05) is 0 Å². The van der Waals surface area contributed by atoms with Crippen LogP contribution in [0.15, 0.2) is 45.5 Å². The molecule has 1 saturated heterocycles. The van der Waals surface area contributed by atoms with Gasteiger partial charge in [-0.2, -0.15) is 5.10 Å². The van der Waals surface area contributed by atoms with Crippen LogP contribution in [0.5, 0.6) is 0 Å². The van der Waals surface area contributed by atoms with Crippen molar-refractivity contribution in [2.24, 2.45) is 16.5 Å². The predicted octanol–water partition coefficient (Wildman–Crippen LogP) is 2.61. The molecule has 1 aliphatic rings. The molecule has 1 aliphatic heterocycles. The number of nitrogens with one attached hydrogen (secondary N) is 1. The number of hydrogen-bond donors (Lipinski definition) is 3. The van der Waals surface area contributed by atoms with Crippen LogP contribution in [0.3, 0.4) is 0 Å². The van der Waals surface area contributed by atoms with Gasteiger partial charge in [0.1, 0.15) is 16.5 Å². The Bertz CT molecular complexity index is 1160. The molecule has 0 spiro atoms. The van der Waals surface area contributed by atoms with Crippen LogP contribution in [0.2, 0.25) is 5.02 Å². The first-order valence-electron chi connectivity index (χ1n) is 9.51. The maximum atomic E-state index is 13.5. The Morgan fingerprint density at radius 1 is 1.31 bits per heavy atom. The minimum absolute atomic E-state index is 0.0380. The molecule has 2 heterocycles. The van der Waals surface area contributed by atoms with Crippen molar-refractivity contribution in [2.45, 2.75) is 25.8 Å². The van der Waals surface area contributed by atoms with Crippen molar-refractivity contribution in [1.29, 1.82) is 0 Å².